The molecule has 6 heteroatoms. The van der Waals surface area contributed by atoms with Crippen LogP contribution in [-0.2, 0) is 12.8 Å². The van der Waals surface area contributed by atoms with Crippen LogP contribution in [0.2, 0.25) is 0 Å². The Balaban J connectivity index is 1.71. The van der Waals surface area contributed by atoms with Crippen LogP contribution in [0.4, 0.5) is 4.39 Å². The maximum absolute atomic E-state index is 14.2. The molecule has 3 aromatic heterocycles. The summed E-state index contributed by atoms with van der Waals surface area (Å²) in [5.74, 6) is -0.133. The van der Waals surface area contributed by atoms with E-state index < -0.39 is 0 Å². The van der Waals surface area contributed by atoms with Crippen molar-refractivity contribution in [2.24, 2.45) is 0 Å². The molecule has 2 aromatic carbocycles. The lowest BCUT2D eigenvalue weighted by Crippen LogP contribution is -2.06. The lowest BCUT2D eigenvalue weighted by Gasteiger charge is -2.21. The molecule has 0 bridgehead atoms. The van der Waals surface area contributed by atoms with Gasteiger partial charge in [-0.2, -0.15) is 0 Å². The minimum Gasteiger partial charge on any atom is -0.342 e. The van der Waals surface area contributed by atoms with Crippen LogP contribution in [0.15, 0.2) is 61.3 Å². The van der Waals surface area contributed by atoms with Crippen molar-refractivity contribution in [3.63, 3.8) is 0 Å². The van der Waals surface area contributed by atoms with Crippen molar-refractivity contribution in [2.45, 2.75) is 32.6 Å². The van der Waals surface area contributed by atoms with E-state index in [-0.39, 0.29) is 11.7 Å². The highest BCUT2D eigenvalue weighted by Crippen LogP contribution is 2.38. The number of aryl methyl sites for hydroxylation is 1. The van der Waals surface area contributed by atoms with Gasteiger partial charge < -0.3 is 4.98 Å². The quantitative estimate of drug-likeness (QED) is 0.408. The van der Waals surface area contributed by atoms with Crippen LogP contribution in [0.25, 0.3) is 33.2 Å². The number of fused-ring (bicyclic) bond motifs is 2. The summed E-state index contributed by atoms with van der Waals surface area (Å²) >= 11 is 0. The Morgan fingerprint density at radius 3 is 2.77 bits per heavy atom. The first-order valence-electron chi connectivity index (χ1n) is 10.4. The second-order valence-electron chi connectivity index (χ2n) is 7.79. The summed E-state index contributed by atoms with van der Waals surface area (Å²) in [6.07, 6.45) is 6.59. The molecule has 1 unspecified atom stereocenters. The second-order valence-corrected chi connectivity index (χ2v) is 7.79. The molecule has 0 aliphatic carbocycles. The van der Waals surface area contributed by atoms with Gasteiger partial charge in [-0.1, -0.05) is 38.1 Å². The molecule has 31 heavy (non-hydrogen) atoms. The normalized spacial score (nSPS) is 12.5. The molecular weight excluding hydrogens is 389 g/mol. The molecular formula is C25H22FN5. The van der Waals surface area contributed by atoms with E-state index in [1.54, 1.807) is 31.0 Å². The Kier molecular flexibility index (Phi) is 4.90. The van der Waals surface area contributed by atoms with Gasteiger partial charge >= 0.3 is 0 Å². The Morgan fingerprint density at radius 2 is 1.94 bits per heavy atom. The first-order valence-corrected chi connectivity index (χ1v) is 10.4. The number of rotatable bonds is 5. The van der Waals surface area contributed by atoms with E-state index in [0.29, 0.717) is 12.1 Å². The van der Waals surface area contributed by atoms with Crippen molar-refractivity contribution < 1.29 is 4.39 Å². The summed E-state index contributed by atoms with van der Waals surface area (Å²) in [4.78, 5) is 20.8. The van der Waals surface area contributed by atoms with Crippen LogP contribution in [0.1, 0.15) is 36.6 Å². The molecule has 0 aliphatic rings. The van der Waals surface area contributed by atoms with Crippen molar-refractivity contribution in [1.29, 1.82) is 0 Å². The third kappa shape index (κ3) is 3.44. The molecule has 1 atom stereocenters. The van der Waals surface area contributed by atoms with Crippen LogP contribution in [0.5, 0.6) is 0 Å². The van der Waals surface area contributed by atoms with Crippen molar-refractivity contribution >= 4 is 22.1 Å². The van der Waals surface area contributed by atoms with Gasteiger partial charge in [0.2, 0.25) is 0 Å². The zero-order chi connectivity index (χ0) is 21.4. The van der Waals surface area contributed by atoms with Gasteiger partial charge in [-0.15, -0.1) is 0 Å². The zero-order valence-electron chi connectivity index (χ0n) is 17.4. The predicted molar refractivity (Wildman–Crippen MR) is 120 cm³/mol. The largest absolute Gasteiger partial charge is 0.342 e. The van der Waals surface area contributed by atoms with Crippen molar-refractivity contribution in [1.82, 2.24) is 24.9 Å². The Labute approximate surface area is 179 Å². The highest BCUT2D eigenvalue weighted by atomic mass is 19.1. The summed E-state index contributed by atoms with van der Waals surface area (Å²) in [7, 11) is 0. The second kappa shape index (κ2) is 7.87. The SMILES string of the molecule is CCc1cc(C(C)Cc2ncnc3nc[nH]c23)c(-c2cccc(F)c2)c2ncccc12. The van der Waals surface area contributed by atoms with Gasteiger partial charge in [0.05, 0.1) is 17.5 Å². The van der Waals surface area contributed by atoms with E-state index in [0.717, 1.165) is 45.2 Å². The number of halogens is 1. The number of hydrogen-bond acceptors (Lipinski definition) is 4. The number of pyridine rings is 1. The lowest BCUT2D eigenvalue weighted by atomic mass is 9.84. The van der Waals surface area contributed by atoms with E-state index in [9.17, 15) is 4.39 Å². The first-order chi connectivity index (χ1) is 15.2. The summed E-state index contributed by atoms with van der Waals surface area (Å²) in [6.45, 7) is 4.33. The van der Waals surface area contributed by atoms with Gasteiger partial charge in [-0.25, -0.2) is 19.3 Å². The summed E-state index contributed by atoms with van der Waals surface area (Å²) in [5, 5.41) is 1.11. The molecule has 0 spiro atoms. The molecule has 0 saturated carbocycles. The molecule has 0 fully saturated rings. The molecule has 0 amide bonds. The van der Waals surface area contributed by atoms with Gasteiger partial charge in [0.25, 0.3) is 0 Å². The molecule has 5 rings (SSSR count). The van der Waals surface area contributed by atoms with Gasteiger partial charge in [-0.3, -0.25) is 4.98 Å². The molecule has 0 radical (unpaired) electrons. The van der Waals surface area contributed by atoms with Crippen molar-refractivity contribution in [3.8, 4) is 11.1 Å². The standard InChI is InChI=1S/C25H22FN5/c1-3-16-12-20(15(2)10-21-24-25(30-13-28-21)31-14-29-24)22(17-6-4-7-18(26)11-17)23-19(16)8-5-9-27-23/h4-9,11-15H,3,10H2,1-2H3,(H,28,29,30,31). The maximum Gasteiger partial charge on any atom is 0.180 e. The van der Waals surface area contributed by atoms with Crippen LogP contribution < -0.4 is 0 Å². The Morgan fingerprint density at radius 1 is 1.03 bits per heavy atom. The number of aromatic nitrogens is 5. The number of nitrogens with zero attached hydrogens (tertiary/aromatic N) is 4. The van der Waals surface area contributed by atoms with Gasteiger partial charge in [0.1, 0.15) is 17.7 Å². The van der Waals surface area contributed by atoms with Crippen LogP contribution in [0, 0.1) is 5.82 Å². The van der Waals surface area contributed by atoms with E-state index in [2.05, 4.69) is 45.9 Å². The van der Waals surface area contributed by atoms with E-state index >= 15 is 0 Å². The average Bonchev–Trinajstić information content (AvgIpc) is 3.28. The summed E-state index contributed by atoms with van der Waals surface area (Å²) in [5.41, 5.74) is 7.54. The van der Waals surface area contributed by atoms with Crippen LogP contribution in [0.3, 0.4) is 0 Å². The van der Waals surface area contributed by atoms with E-state index in [4.69, 9.17) is 4.98 Å². The number of hydrogen-bond donors (Lipinski definition) is 1. The fourth-order valence-corrected chi connectivity index (χ4v) is 4.34. The summed E-state index contributed by atoms with van der Waals surface area (Å²) in [6, 6.07) is 13.1. The first kappa shape index (κ1) is 19.3. The van der Waals surface area contributed by atoms with Gasteiger partial charge in [-0.05, 0) is 53.6 Å². The molecule has 0 aliphatic heterocycles. The van der Waals surface area contributed by atoms with E-state index in [1.165, 1.54) is 11.6 Å². The minimum absolute atomic E-state index is 0.122. The molecule has 1 N–H and O–H groups in total. The number of H-pyrrole nitrogens is 1. The highest BCUT2D eigenvalue weighted by Gasteiger charge is 2.20. The molecule has 3 heterocycles. The van der Waals surface area contributed by atoms with Crippen LogP contribution >= 0.6 is 0 Å². The third-order valence-corrected chi connectivity index (χ3v) is 5.84. The fraction of sp³-hybridized carbons (Fsp3) is 0.200. The fourth-order valence-electron chi connectivity index (χ4n) is 4.34. The van der Waals surface area contributed by atoms with Crippen molar-refractivity contribution in [2.75, 3.05) is 0 Å². The molecule has 0 saturated heterocycles. The van der Waals surface area contributed by atoms with Gasteiger partial charge in [0, 0.05) is 17.1 Å². The Bertz CT molecular complexity index is 1390. The Hall–Kier alpha value is -3.67. The topological polar surface area (TPSA) is 67.3 Å². The molecule has 154 valence electrons. The zero-order valence-corrected chi connectivity index (χ0v) is 17.4. The number of imidazole rings is 1. The third-order valence-electron chi connectivity index (χ3n) is 5.84. The number of nitrogens with one attached hydrogen (secondary N) is 1. The number of benzene rings is 2. The predicted octanol–water partition coefficient (Wildman–Crippen LogP) is 5.62. The van der Waals surface area contributed by atoms with Crippen LogP contribution in [-0.4, -0.2) is 24.9 Å². The van der Waals surface area contributed by atoms with E-state index in [1.807, 2.05) is 12.1 Å². The smallest absolute Gasteiger partial charge is 0.180 e. The molecule has 5 nitrogen and oxygen atoms in total. The monoisotopic (exact) mass is 411 g/mol. The summed E-state index contributed by atoms with van der Waals surface area (Å²) < 4.78 is 14.2. The maximum atomic E-state index is 14.2. The molecule has 5 aromatic rings. The van der Waals surface area contributed by atoms with Crippen molar-refractivity contribution in [3.05, 3.63) is 84.0 Å². The van der Waals surface area contributed by atoms with Gasteiger partial charge in [0.15, 0.2) is 5.65 Å². The number of aromatic amines is 1. The average molecular weight is 411 g/mol. The minimum atomic E-state index is -0.255. The lowest BCUT2D eigenvalue weighted by molar-refractivity contribution is 0.628. The highest BCUT2D eigenvalue weighted by molar-refractivity contribution is 5.97.